The number of nitrogens with one attached hydrogen (secondary N) is 1. The van der Waals surface area contributed by atoms with Gasteiger partial charge >= 0.3 is 5.97 Å². The van der Waals surface area contributed by atoms with Crippen molar-refractivity contribution < 1.29 is 19.5 Å². The molecular formula is C13H24N2O4. The standard InChI is InChI=1S/C13H24N2O4/c1-6-9(11(17)18)15(5)10(16)7-8-14-12(19)13(2,3)4/h9H,6-8H2,1-5H3,(H,14,19)(H,17,18). The lowest BCUT2D eigenvalue weighted by Gasteiger charge is -2.24. The molecule has 1 unspecified atom stereocenters. The highest BCUT2D eigenvalue weighted by Gasteiger charge is 2.25. The Morgan fingerprint density at radius 3 is 2.16 bits per heavy atom. The highest BCUT2D eigenvalue weighted by molar-refractivity contribution is 5.84. The third-order valence-corrected chi connectivity index (χ3v) is 2.84. The van der Waals surface area contributed by atoms with E-state index in [0.29, 0.717) is 6.42 Å². The van der Waals surface area contributed by atoms with Crippen molar-refractivity contribution >= 4 is 17.8 Å². The number of carbonyl (C=O) groups is 3. The molecule has 0 aromatic carbocycles. The number of carbonyl (C=O) groups excluding carboxylic acids is 2. The maximum Gasteiger partial charge on any atom is 0.326 e. The summed E-state index contributed by atoms with van der Waals surface area (Å²) in [6.45, 7) is 7.29. The topological polar surface area (TPSA) is 86.7 Å². The van der Waals surface area contributed by atoms with Gasteiger partial charge in [0.25, 0.3) is 0 Å². The van der Waals surface area contributed by atoms with Crippen LogP contribution in [0.2, 0.25) is 0 Å². The molecular weight excluding hydrogens is 248 g/mol. The van der Waals surface area contributed by atoms with Crippen molar-refractivity contribution in [3.63, 3.8) is 0 Å². The van der Waals surface area contributed by atoms with Crippen LogP contribution in [0.15, 0.2) is 0 Å². The average Bonchev–Trinajstić information content (AvgIpc) is 2.27. The molecule has 0 rings (SSSR count). The van der Waals surface area contributed by atoms with E-state index in [1.165, 1.54) is 11.9 Å². The first-order valence-corrected chi connectivity index (χ1v) is 6.38. The SMILES string of the molecule is CCC(C(=O)O)N(C)C(=O)CCNC(=O)C(C)(C)C. The molecule has 0 heterocycles. The lowest BCUT2D eigenvalue weighted by Crippen LogP contribution is -2.43. The van der Waals surface area contributed by atoms with Crippen molar-refractivity contribution in [2.45, 2.75) is 46.6 Å². The van der Waals surface area contributed by atoms with Crippen molar-refractivity contribution in [1.82, 2.24) is 10.2 Å². The number of rotatable bonds is 6. The van der Waals surface area contributed by atoms with Gasteiger partial charge in [-0.3, -0.25) is 9.59 Å². The van der Waals surface area contributed by atoms with Crippen LogP contribution in [0.25, 0.3) is 0 Å². The highest BCUT2D eigenvalue weighted by atomic mass is 16.4. The Bertz CT molecular complexity index is 347. The summed E-state index contributed by atoms with van der Waals surface area (Å²) in [4.78, 5) is 35.5. The van der Waals surface area contributed by atoms with Crippen LogP contribution in [0.4, 0.5) is 0 Å². The Labute approximate surface area is 114 Å². The van der Waals surface area contributed by atoms with Crippen LogP contribution in [0.5, 0.6) is 0 Å². The minimum atomic E-state index is -1.02. The van der Waals surface area contributed by atoms with E-state index in [1.54, 1.807) is 27.7 Å². The van der Waals surface area contributed by atoms with Crippen LogP contribution < -0.4 is 5.32 Å². The Kier molecular flexibility index (Phi) is 6.52. The Balaban J connectivity index is 4.25. The number of nitrogens with zero attached hydrogens (tertiary/aromatic N) is 1. The molecule has 0 radical (unpaired) electrons. The zero-order valence-electron chi connectivity index (χ0n) is 12.3. The van der Waals surface area contributed by atoms with Crippen LogP contribution >= 0.6 is 0 Å². The molecule has 0 aliphatic carbocycles. The van der Waals surface area contributed by atoms with Gasteiger partial charge in [-0.05, 0) is 6.42 Å². The predicted molar refractivity (Wildman–Crippen MR) is 71.6 cm³/mol. The summed E-state index contributed by atoms with van der Waals surface area (Å²) in [6, 6.07) is -0.814. The number of amides is 2. The molecule has 0 spiro atoms. The molecule has 6 nitrogen and oxygen atoms in total. The second kappa shape index (κ2) is 7.11. The molecule has 0 aliphatic heterocycles. The first-order valence-electron chi connectivity index (χ1n) is 6.38. The largest absolute Gasteiger partial charge is 0.480 e. The van der Waals surface area contributed by atoms with Gasteiger partial charge in [0.2, 0.25) is 11.8 Å². The van der Waals surface area contributed by atoms with Crippen LogP contribution in [0, 0.1) is 5.41 Å². The van der Waals surface area contributed by atoms with Crippen molar-refractivity contribution in [1.29, 1.82) is 0 Å². The molecule has 0 aromatic rings. The number of carboxylic acid groups (broad SMARTS) is 1. The van der Waals surface area contributed by atoms with E-state index in [0.717, 1.165) is 0 Å². The van der Waals surface area contributed by atoms with E-state index in [1.807, 2.05) is 0 Å². The van der Waals surface area contributed by atoms with Crippen LogP contribution in [0.1, 0.15) is 40.5 Å². The summed E-state index contributed by atoms with van der Waals surface area (Å²) in [5.41, 5.74) is -0.498. The van der Waals surface area contributed by atoms with Crippen LogP contribution in [-0.2, 0) is 14.4 Å². The number of hydrogen-bond acceptors (Lipinski definition) is 3. The van der Waals surface area contributed by atoms with Gasteiger partial charge in [-0.1, -0.05) is 27.7 Å². The zero-order valence-corrected chi connectivity index (χ0v) is 12.3. The van der Waals surface area contributed by atoms with Gasteiger partial charge in [0.15, 0.2) is 0 Å². The lowest BCUT2D eigenvalue weighted by molar-refractivity contribution is -0.149. The van der Waals surface area contributed by atoms with E-state index < -0.39 is 17.4 Å². The summed E-state index contributed by atoms with van der Waals surface area (Å²) in [5.74, 6) is -1.44. The van der Waals surface area contributed by atoms with Crippen molar-refractivity contribution in [2.75, 3.05) is 13.6 Å². The number of hydrogen-bond donors (Lipinski definition) is 2. The first-order chi connectivity index (χ1) is 8.61. The predicted octanol–water partition coefficient (Wildman–Crippen LogP) is 0.860. The summed E-state index contributed by atoms with van der Waals surface area (Å²) < 4.78 is 0. The van der Waals surface area contributed by atoms with Gasteiger partial charge < -0.3 is 15.3 Å². The summed E-state index contributed by atoms with van der Waals surface area (Å²) >= 11 is 0. The molecule has 0 bridgehead atoms. The fourth-order valence-electron chi connectivity index (χ4n) is 1.51. The van der Waals surface area contributed by atoms with Gasteiger partial charge in [0.05, 0.1) is 0 Å². The highest BCUT2D eigenvalue weighted by Crippen LogP contribution is 2.12. The molecule has 0 aliphatic rings. The molecule has 6 heteroatoms. The monoisotopic (exact) mass is 272 g/mol. The molecule has 19 heavy (non-hydrogen) atoms. The van der Waals surface area contributed by atoms with Crippen molar-refractivity contribution in [3.8, 4) is 0 Å². The quantitative estimate of drug-likeness (QED) is 0.751. The normalized spacial score (nSPS) is 12.7. The van der Waals surface area contributed by atoms with Gasteiger partial charge in [-0.15, -0.1) is 0 Å². The van der Waals surface area contributed by atoms with E-state index in [2.05, 4.69) is 5.32 Å². The Hall–Kier alpha value is -1.59. The van der Waals surface area contributed by atoms with E-state index >= 15 is 0 Å². The molecule has 0 fully saturated rings. The zero-order chi connectivity index (χ0) is 15.2. The maximum atomic E-state index is 11.8. The van der Waals surface area contributed by atoms with Gasteiger partial charge in [0, 0.05) is 25.4 Å². The molecule has 1 atom stereocenters. The Morgan fingerprint density at radius 1 is 1.26 bits per heavy atom. The summed E-state index contributed by atoms with van der Waals surface area (Å²) in [7, 11) is 1.47. The Morgan fingerprint density at radius 2 is 1.79 bits per heavy atom. The summed E-state index contributed by atoms with van der Waals surface area (Å²) in [6.07, 6.45) is 0.452. The molecule has 2 amide bonds. The van der Waals surface area contributed by atoms with Crippen LogP contribution in [0.3, 0.4) is 0 Å². The minimum Gasteiger partial charge on any atom is -0.480 e. The molecule has 110 valence electrons. The number of aliphatic carboxylic acids is 1. The summed E-state index contributed by atoms with van der Waals surface area (Å²) in [5, 5.41) is 11.6. The molecule has 0 aromatic heterocycles. The average molecular weight is 272 g/mol. The van der Waals surface area contributed by atoms with Gasteiger partial charge in [0.1, 0.15) is 6.04 Å². The second-order valence-corrected chi connectivity index (χ2v) is 5.52. The molecule has 0 saturated heterocycles. The third kappa shape index (κ3) is 5.72. The van der Waals surface area contributed by atoms with E-state index in [9.17, 15) is 14.4 Å². The number of likely N-dealkylation sites (N-methyl/N-ethyl adjacent to an activating group) is 1. The van der Waals surface area contributed by atoms with E-state index in [4.69, 9.17) is 5.11 Å². The van der Waals surface area contributed by atoms with Gasteiger partial charge in [-0.25, -0.2) is 4.79 Å². The first kappa shape index (κ1) is 17.4. The van der Waals surface area contributed by atoms with Crippen LogP contribution in [-0.4, -0.2) is 47.4 Å². The van der Waals surface area contributed by atoms with E-state index in [-0.39, 0.29) is 24.8 Å². The lowest BCUT2D eigenvalue weighted by atomic mass is 9.96. The molecule has 0 saturated carbocycles. The van der Waals surface area contributed by atoms with Crippen molar-refractivity contribution in [3.05, 3.63) is 0 Å². The third-order valence-electron chi connectivity index (χ3n) is 2.84. The fraction of sp³-hybridized carbons (Fsp3) is 0.769. The van der Waals surface area contributed by atoms with Gasteiger partial charge in [-0.2, -0.15) is 0 Å². The minimum absolute atomic E-state index is 0.0993. The van der Waals surface area contributed by atoms with Crippen molar-refractivity contribution in [2.24, 2.45) is 5.41 Å². The second-order valence-electron chi connectivity index (χ2n) is 5.52. The smallest absolute Gasteiger partial charge is 0.326 e. The fourth-order valence-corrected chi connectivity index (χ4v) is 1.51. The maximum absolute atomic E-state index is 11.8. The number of carboxylic acids is 1. The molecule has 2 N–H and O–H groups in total.